The third-order valence-corrected chi connectivity index (χ3v) is 3.99. The van der Waals surface area contributed by atoms with Crippen LogP contribution in [0.5, 0.6) is 6.01 Å². The molecular weight excluding hydrogens is 346 g/mol. The minimum atomic E-state index is -0.355. The van der Waals surface area contributed by atoms with Crippen LogP contribution in [0.1, 0.15) is 20.7 Å². The van der Waals surface area contributed by atoms with Crippen molar-refractivity contribution in [1.82, 2.24) is 25.3 Å². The van der Waals surface area contributed by atoms with Crippen LogP contribution in [0.2, 0.25) is 5.28 Å². The van der Waals surface area contributed by atoms with Gasteiger partial charge in [-0.2, -0.15) is 0 Å². The van der Waals surface area contributed by atoms with Gasteiger partial charge in [0.15, 0.2) is 0 Å². The standard InChI is InChI=1S/C16H10ClN5O3/c17-15-18-20-16(21-19-15)25-8-7-22-13(23)10-5-1-3-9-4-2-6-11(12(9)10)14(22)24/h1-6H,7-8H2. The van der Waals surface area contributed by atoms with Gasteiger partial charge in [0.1, 0.15) is 6.61 Å². The largest absolute Gasteiger partial charge is 0.459 e. The number of imide groups is 1. The Hall–Kier alpha value is -3.13. The van der Waals surface area contributed by atoms with Crippen LogP contribution in [0.3, 0.4) is 0 Å². The molecule has 0 aliphatic carbocycles. The molecule has 25 heavy (non-hydrogen) atoms. The molecule has 0 saturated heterocycles. The van der Waals surface area contributed by atoms with Crippen molar-refractivity contribution in [3.05, 3.63) is 52.8 Å². The number of benzene rings is 2. The van der Waals surface area contributed by atoms with Gasteiger partial charge in [-0.1, -0.05) is 34.5 Å². The molecule has 4 rings (SSSR count). The number of halogens is 1. The summed E-state index contributed by atoms with van der Waals surface area (Å²) >= 11 is 5.49. The summed E-state index contributed by atoms with van der Waals surface area (Å²) in [4.78, 5) is 26.5. The molecule has 9 heteroatoms. The van der Waals surface area contributed by atoms with Gasteiger partial charge < -0.3 is 4.74 Å². The Morgan fingerprint density at radius 3 is 2.12 bits per heavy atom. The lowest BCUT2D eigenvalue weighted by Gasteiger charge is -2.26. The Labute approximate surface area is 146 Å². The van der Waals surface area contributed by atoms with Crippen LogP contribution in [-0.4, -0.2) is 50.3 Å². The number of aromatic nitrogens is 4. The SMILES string of the molecule is O=C1c2cccc3cccc(c23)C(=O)N1CCOc1nnc(Cl)nn1. The maximum atomic E-state index is 12.7. The lowest BCUT2D eigenvalue weighted by molar-refractivity contribution is 0.0584. The highest BCUT2D eigenvalue weighted by molar-refractivity contribution is 6.28. The predicted octanol–water partition coefficient (Wildman–Crippen LogP) is 1.75. The normalized spacial score (nSPS) is 13.4. The average Bonchev–Trinajstić information content (AvgIpc) is 2.64. The summed E-state index contributed by atoms with van der Waals surface area (Å²) < 4.78 is 5.27. The van der Waals surface area contributed by atoms with Crippen molar-refractivity contribution < 1.29 is 14.3 Å². The van der Waals surface area contributed by atoms with Crippen LogP contribution < -0.4 is 4.74 Å². The topological polar surface area (TPSA) is 98.2 Å². The average molecular weight is 356 g/mol. The van der Waals surface area contributed by atoms with Crippen molar-refractivity contribution in [3.63, 3.8) is 0 Å². The number of carbonyl (C=O) groups is 2. The number of rotatable bonds is 4. The third-order valence-electron chi connectivity index (χ3n) is 3.84. The van der Waals surface area contributed by atoms with E-state index in [4.69, 9.17) is 16.3 Å². The number of hydrogen-bond acceptors (Lipinski definition) is 7. The summed E-state index contributed by atoms with van der Waals surface area (Å²) in [6.07, 6.45) is 0. The van der Waals surface area contributed by atoms with Crippen LogP contribution in [0.25, 0.3) is 10.8 Å². The summed E-state index contributed by atoms with van der Waals surface area (Å²) in [5, 5.41) is 15.6. The second kappa shape index (κ2) is 6.06. The van der Waals surface area contributed by atoms with E-state index in [1.807, 2.05) is 12.1 Å². The zero-order valence-corrected chi connectivity index (χ0v) is 13.5. The molecule has 0 fully saturated rings. The van der Waals surface area contributed by atoms with E-state index in [2.05, 4.69) is 20.4 Å². The van der Waals surface area contributed by atoms with Crippen LogP contribution in [0.4, 0.5) is 0 Å². The smallest absolute Gasteiger partial charge is 0.355 e. The monoisotopic (exact) mass is 355 g/mol. The Bertz CT molecular complexity index is 942. The van der Waals surface area contributed by atoms with Crippen molar-refractivity contribution in [2.45, 2.75) is 0 Å². The van der Waals surface area contributed by atoms with Gasteiger partial charge in [0.2, 0.25) is 0 Å². The van der Waals surface area contributed by atoms with Gasteiger partial charge in [0, 0.05) is 16.5 Å². The van der Waals surface area contributed by atoms with Crippen molar-refractivity contribution in [2.24, 2.45) is 0 Å². The molecule has 3 aromatic rings. The van der Waals surface area contributed by atoms with Crippen molar-refractivity contribution in [2.75, 3.05) is 13.2 Å². The van der Waals surface area contributed by atoms with E-state index in [-0.39, 0.29) is 36.3 Å². The van der Waals surface area contributed by atoms with Crippen LogP contribution in [0.15, 0.2) is 36.4 Å². The molecule has 0 spiro atoms. The third kappa shape index (κ3) is 2.66. The summed E-state index contributed by atoms with van der Waals surface area (Å²) in [5.41, 5.74) is 0.998. The second-order valence-corrected chi connectivity index (χ2v) is 5.61. The van der Waals surface area contributed by atoms with E-state index in [9.17, 15) is 9.59 Å². The number of hydrogen-bond donors (Lipinski definition) is 0. The second-order valence-electron chi connectivity index (χ2n) is 5.27. The first kappa shape index (κ1) is 15.4. The predicted molar refractivity (Wildman–Crippen MR) is 87.4 cm³/mol. The minimum Gasteiger partial charge on any atom is -0.459 e. The fourth-order valence-electron chi connectivity index (χ4n) is 2.78. The molecule has 0 radical (unpaired) electrons. The van der Waals surface area contributed by atoms with E-state index in [1.54, 1.807) is 24.3 Å². The Morgan fingerprint density at radius 2 is 1.52 bits per heavy atom. The number of amides is 2. The maximum Gasteiger partial charge on any atom is 0.355 e. The van der Waals surface area contributed by atoms with Gasteiger partial charge in [-0.25, -0.2) is 0 Å². The molecule has 2 amide bonds. The van der Waals surface area contributed by atoms with E-state index in [0.29, 0.717) is 16.5 Å². The van der Waals surface area contributed by atoms with Gasteiger partial charge in [-0.05, 0) is 29.1 Å². The first-order valence-corrected chi connectivity index (χ1v) is 7.76. The van der Waals surface area contributed by atoms with Crippen molar-refractivity contribution >= 4 is 34.2 Å². The Balaban J connectivity index is 1.56. The summed E-state index contributed by atoms with van der Waals surface area (Å²) in [7, 11) is 0. The Kier molecular flexibility index (Phi) is 3.73. The zero-order chi connectivity index (χ0) is 17.4. The van der Waals surface area contributed by atoms with E-state index in [1.165, 1.54) is 0 Å². The minimum absolute atomic E-state index is 0.0145. The number of ether oxygens (including phenoxy) is 1. The number of carbonyl (C=O) groups excluding carboxylic acids is 2. The van der Waals surface area contributed by atoms with Gasteiger partial charge in [-0.15, -0.1) is 10.2 Å². The number of nitrogens with zero attached hydrogens (tertiary/aromatic N) is 5. The first-order valence-electron chi connectivity index (χ1n) is 7.39. The molecule has 2 heterocycles. The quantitative estimate of drug-likeness (QED) is 0.657. The summed E-state index contributed by atoms with van der Waals surface area (Å²) in [6.45, 7) is 0.0645. The first-order chi connectivity index (χ1) is 12.1. The van der Waals surface area contributed by atoms with E-state index >= 15 is 0 Å². The zero-order valence-electron chi connectivity index (χ0n) is 12.7. The van der Waals surface area contributed by atoms with E-state index < -0.39 is 0 Å². The highest BCUT2D eigenvalue weighted by Crippen LogP contribution is 2.29. The molecule has 0 bridgehead atoms. The molecule has 8 nitrogen and oxygen atoms in total. The molecule has 1 aliphatic rings. The van der Waals surface area contributed by atoms with Crippen LogP contribution in [0, 0.1) is 0 Å². The van der Waals surface area contributed by atoms with Gasteiger partial charge in [0.05, 0.1) is 6.54 Å². The highest BCUT2D eigenvalue weighted by Gasteiger charge is 2.32. The lowest BCUT2D eigenvalue weighted by atomic mass is 9.94. The molecule has 1 aromatic heterocycles. The fourth-order valence-corrected chi connectivity index (χ4v) is 2.85. The molecular formula is C16H10ClN5O3. The van der Waals surface area contributed by atoms with E-state index in [0.717, 1.165) is 10.3 Å². The van der Waals surface area contributed by atoms with Crippen molar-refractivity contribution in [1.29, 1.82) is 0 Å². The lowest BCUT2D eigenvalue weighted by Crippen LogP contribution is -2.42. The van der Waals surface area contributed by atoms with Gasteiger partial charge >= 0.3 is 6.01 Å². The Morgan fingerprint density at radius 1 is 0.920 bits per heavy atom. The molecule has 2 aromatic carbocycles. The molecule has 124 valence electrons. The summed E-state index contributed by atoms with van der Waals surface area (Å²) in [5.74, 6) is -0.711. The summed E-state index contributed by atoms with van der Waals surface area (Å²) in [6, 6.07) is 10.7. The van der Waals surface area contributed by atoms with Crippen LogP contribution >= 0.6 is 11.6 Å². The van der Waals surface area contributed by atoms with Crippen LogP contribution in [-0.2, 0) is 0 Å². The highest BCUT2D eigenvalue weighted by atomic mass is 35.5. The van der Waals surface area contributed by atoms with Crippen molar-refractivity contribution in [3.8, 4) is 6.01 Å². The molecule has 0 atom stereocenters. The molecule has 0 saturated carbocycles. The molecule has 1 aliphatic heterocycles. The molecule has 0 unspecified atom stereocenters. The molecule has 0 N–H and O–H groups in total. The van der Waals surface area contributed by atoms with Gasteiger partial charge in [0.25, 0.3) is 17.1 Å². The maximum absolute atomic E-state index is 12.7. The fraction of sp³-hybridized carbons (Fsp3) is 0.125. The van der Waals surface area contributed by atoms with Gasteiger partial charge in [-0.3, -0.25) is 14.5 Å².